The zero-order valence-electron chi connectivity index (χ0n) is 10.6. The fraction of sp³-hybridized carbons (Fsp3) is 0.462. The molecule has 3 N–H and O–H groups in total. The standard InChI is InChI=1S/C13H18F2N2O/c1-3-8(4-2)7-17-13(18)9-5-12(16)11(15)6-10(9)14/h5-6,8H,3-4,7,16H2,1-2H3,(H,17,18). The van der Waals surface area contributed by atoms with Crippen molar-refractivity contribution in [3.8, 4) is 0 Å². The summed E-state index contributed by atoms with van der Waals surface area (Å²) in [5, 5.41) is 2.63. The molecule has 0 radical (unpaired) electrons. The van der Waals surface area contributed by atoms with Crippen molar-refractivity contribution in [2.24, 2.45) is 5.92 Å². The van der Waals surface area contributed by atoms with Crippen LogP contribution in [0.25, 0.3) is 0 Å². The van der Waals surface area contributed by atoms with E-state index in [1.807, 2.05) is 13.8 Å². The summed E-state index contributed by atoms with van der Waals surface area (Å²) in [5.74, 6) is -1.96. The molecule has 0 saturated carbocycles. The second-order valence-electron chi connectivity index (χ2n) is 4.25. The van der Waals surface area contributed by atoms with Gasteiger partial charge in [-0.05, 0) is 12.0 Å². The quantitative estimate of drug-likeness (QED) is 0.796. The maximum atomic E-state index is 13.4. The first-order valence-electron chi connectivity index (χ1n) is 6.02. The van der Waals surface area contributed by atoms with E-state index in [1.54, 1.807) is 0 Å². The molecule has 18 heavy (non-hydrogen) atoms. The fourth-order valence-corrected chi connectivity index (χ4v) is 1.65. The Hall–Kier alpha value is -1.65. The van der Waals surface area contributed by atoms with Crippen molar-refractivity contribution >= 4 is 11.6 Å². The zero-order chi connectivity index (χ0) is 13.7. The molecule has 1 aromatic carbocycles. The number of carbonyl (C=O) groups is 1. The van der Waals surface area contributed by atoms with E-state index in [0.29, 0.717) is 18.5 Å². The van der Waals surface area contributed by atoms with E-state index in [2.05, 4.69) is 5.32 Å². The van der Waals surface area contributed by atoms with Crippen molar-refractivity contribution in [3.63, 3.8) is 0 Å². The number of halogens is 2. The summed E-state index contributed by atoms with van der Waals surface area (Å²) in [6.45, 7) is 4.52. The molecule has 0 aliphatic rings. The highest BCUT2D eigenvalue weighted by Crippen LogP contribution is 2.16. The van der Waals surface area contributed by atoms with Crippen LogP contribution in [0.4, 0.5) is 14.5 Å². The van der Waals surface area contributed by atoms with Gasteiger partial charge in [-0.15, -0.1) is 0 Å². The van der Waals surface area contributed by atoms with E-state index in [9.17, 15) is 13.6 Å². The van der Waals surface area contributed by atoms with Crippen LogP contribution in [0.3, 0.4) is 0 Å². The first kappa shape index (κ1) is 14.4. The molecule has 0 fully saturated rings. The smallest absolute Gasteiger partial charge is 0.254 e. The Balaban J connectivity index is 2.76. The molecule has 1 amide bonds. The average Bonchev–Trinajstić information content (AvgIpc) is 2.34. The van der Waals surface area contributed by atoms with Crippen LogP contribution in [0.2, 0.25) is 0 Å². The zero-order valence-corrected chi connectivity index (χ0v) is 10.6. The molecule has 100 valence electrons. The van der Waals surface area contributed by atoms with Gasteiger partial charge >= 0.3 is 0 Å². The molecule has 0 atom stereocenters. The molecule has 0 bridgehead atoms. The minimum absolute atomic E-state index is 0.222. The highest BCUT2D eigenvalue weighted by molar-refractivity contribution is 5.95. The van der Waals surface area contributed by atoms with Gasteiger partial charge in [0, 0.05) is 12.6 Å². The molecule has 5 heteroatoms. The van der Waals surface area contributed by atoms with Gasteiger partial charge in [0.2, 0.25) is 0 Å². The molecular weight excluding hydrogens is 238 g/mol. The Bertz CT molecular complexity index is 431. The lowest BCUT2D eigenvalue weighted by Crippen LogP contribution is -2.29. The maximum Gasteiger partial charge on any atom is 0.254 e. The number of hydrogen-bond acceptors (Lipinski definition) is 2. The van der Waals surface area contributed by atoms with Gasteiger partial charge in [-0.2, -0.15) is 0 Å². The van der Waals surface area contributed by atoms with Gasteiger partial charge in [-0.3, -0.25) is 4.79 Å². The largest absolute Gasteiger partial charge is 0.396 e. The molecule has 1 rings (SSSR count). The number of rotatable bonds is 5. The van der Waals surface area contributed by atoms with Crippen molar-refractivity contribution in [2.45, 2.75) is 26.7 Å². The molecule has 0 aliphatic carbocycles. The highest BCUT2D eigenvalue weighted by Gasteiger charge is 2.15. The first-order valence-corrected chi connectivity index (χ1v) is 6.02. The molecule has 1 aromatic rings. The number of nitrogen functional groups attached to an aromatic ring is 1. The van der Waals surface area contributed by atoms with E-state index in [4.69, 9.17) is 5.73 Å². The van der Waals surface area contributed by atoms with Crippen LogP contribution < -0.4 is 11.1 Å². The molecule has 0 heterocycles. The second kappa shape index (κ2) is 6.33. The van der Waals surface area contributed by atoms with Crippen LogP contribution in [0.5, 0.6) is 0 Å². The van der Waals surface area contributed by atoms with E-state index < -0.39 is 17.5 Å². The predicted molar refractivity (Wildman–Crippen MR) is 67.2 cm³/mol. The monoisotopic (exact) mass is 256 g/mol. The lowest BCUT2D eigenvalue weighted by atomic mass is 10.0. The normalized spacial score (nSPS) is 10.7. The van der Waals surface area contributed by atoms with Gasteiger partial charge in [-0.25, -0.2) is 8.78 Å². The van der Waals surface area contributed by atoms with Crippen LogP contribution in [0, 0.1) is 17.6 Å². The molecular formula is C13H18F2N2O. The predicted octanol–water partition coefficient (Wildman–Crippen LogP) is 2.71. The Labute approximate surface area is 105 Å². The third kappa shape index (κ3) is 3.42. The SMILES string of the molecule is CCC(CC)CNC(=O)c1cc(N)c(F)cc1F. The van der Waals surface area contributed by atoms with Gasteiger partial charge < -0.3 is 11.1 Å². The number of nitrogens with two attached hydrogens (primary N) is 1. The van der Waals surface area contributed by atoms with E-state index in [1.165, 1.54) is 0 Å². The Morgan fingerprint density at radius 3 is 2.44 bits per heavy atom. The number of carbonyl (C=O) groups excluding carboxylic acids is 1. The van der Waals surface area contributed by atoms with Gasteiger partial charge in [-0.1, -0.05) is 26.7 Å². The second-order valence-corrected chi connectivity index (χ2v) is 4.25. The Morgan fingerprint density at radius 2 is 1.89 bits per heavy atom. The van der Waals surface area contributed by atoms with Gasteiger partial charge in [0.1, 0.15) is 11.6 Å². The summed E-state index contributed by atoms with van der Waals surface area (Å²) in [6, 6.07) is 1.65. The molecule has 0 unspecified atom stereocenters. The highest BCUT2D eigenvalue weighted by atomic mass is 19.1. The van der Waals surface area contributed by atoms with Crippen molar-refractivity contribution in [1.82, 2.24) is 5.32 Å². The van der Waals surface area contributed by atoms with Crippen molar-refractivity contribution in [3.05, 3.63) is 29.3 Å². The number of amides is 1. The Kier molecular flexibility index (Phi) is 5.07. The first-order chi connectivity index (χ1) is 8.49. The summed E-state index contributed by atoms with van der Waals surface area (Å²) in [5.41, 5.74) is 4.86. The van der Waals surface area contributed by atoms with Gasteiger partial charge in [0.25, 0.3) is 5.91 Å². The summed E-state index contributed by atoms with van der Waals surface area (Å²) in [7, 11) is 0. The molecule has 3 nitrogen and oxygen atoms in total. The van der Waals surface area contributed by atoms with Crippen molar-refractivity contribution < 1.29 is 13.6 Å². The van der Waals surface area contributed by atoms with Crippen LogP contribution in [0.15, 0.2) is 12.1 Å². The van der Waals surface area contributed by atoms with E-state index >= 15 is 0 Å². The van der Waals surface area contributed by atoms with Crippen LogP contribution in [-0.2, 0) is 0 Å². The average molecular weight is 256 g/mol. The fourth-order valence-electron chi connectivity index (χ4n) is 1.65. The third-order valence-electron chi connectivity index (χ3n) is 3.04. The van der Waals surface area contributed by atoms with Crippen molar-refractivity contribution in [1.29, 1.82) is 0 Å². The molecule has 0 spiro atoms. The minimum Gasteiger partial charge on any atom is -0.396 e. The number of benzene rings is 1. The molecule has 0 aromatic heterocycles. The molecule has 0 aliphatic heterocycles. The summed E-state index contributed by atoms with van der Waals surface area (Å²) < 4.78 is 26.4. The topological polar surface area (TPSA) is 55.1 Å². The number of hydrogen-bond donors (Lipinski definition) is 2. The third-order valence-corrected chi connectivity index (χ3v) is 3.04. The van der Waals surface area contributed by atoms with Gasteiger partial charge in [0.05, 0.1) is 11.3 Å². The molecule has 0 saturated heterocycles. The van der Waals surface area contributed by atoms with Crippen molar-refractivity contribution in [2.75, 3.05) is 12.3 Å². The minimum atomic E-state index is -0.899. The summed E-state index contributed by atoms with van der Waals surface area (Å²) >= 11 is 0. The van der Waals surface area contributed by atoms with Gasteiger partial charge in [0.15, 0.2) is 0 Å². The Morgan fingerprint density at radius 1 is 1.28 bits per heavy atom. The lowest BCUT2D eigenvalue weighted by molar-refractivity contribution is 0.0942. The number of nitrogens with one attached hydrogen (secondary N) is 1. The van der Waals surface area contributed by atoms with Crippen LogP contribution in [0.1, 0.15) is 37.0 Å². The lowest BCUT2D eigenvalue weighted by Gasteiger charge is -2.13. The summed E-state index contributed by atoms with van der Waals surface area (Å²) in [6.07, 6.45) is 1.87. The van der Waals surface area contributed by atoms with Crippen LogP contribution in [-0.4, -0.2) is 12.5 Å². The summed E-state index contributed by atoms with van der Waals surface area (Å²) in [4.78, 5) is 11.7. The van der Waals surface area contributed by atoms with Crippen LogP contribution >= 0.6 is 0 Å². The van der Waals surface area contributed by atoms with E-state index in [0.717, 1.165) is 18.9 Å². The van der Waals surface area contributed by atoms with E-state index in [-0.39, 0.29) is 11.3 Å². The maximum absolute atomic E-state index is 13.4. The number of anilines is 1.